The molecule has 0 aliphatic heterocycles. The van der Waals surface area contributed by atoms with Crippen molar-refractivity contribution in [3.63, 3.8) is 0 Å². The fourth-order valence-electron chi connectivity index (χ4n) is 0.826. The van der Waals surface area contributed by atoms with Gasteiger partial charge in [-0.2, -0.15) is 0 Å². The molecule has 0 amide bonds. The van der Waals surface area contributed by atoms with Crippen molar-refractivity contribution >= 4 is 23.7 Å². The number of hydrogen-bond acceptors (Lipinski definition) is 3. The lowest BCUT2D eigenvalue weighted by Crippen LogP contribution is -1.98. The molecule has 0 saturated heterocycles. The highest BCUT2D eigenvalue weighted by Crippen LogP contribution is 2.18. The first-order chi connectivity index (χ1) is 5.86. The van der Waals surface area contributed by atoms with Crippen LogP contribution in [0.2, 0.25) is 0 Å². The van der Waals surface area contributed by atoms with E-state index < -0.39 is 0 Å². The Bertz CT molecular complexity index is 254. The van der Waals surface area contributed by atoms with Gasteiger partial charge in [-0.05, 0) is 30.5 Å². The quantitative estimate of drug-likeness (QED) is 0.571. The van der Waals surface area contributed by atoms with E-state index in [-0.39, 0.29) is 0 Å². The van der Waals surface area contributed by atoms with Gasteiger partial charge in [0.1, 0.15) is 0 Å². The predicted octanol–water partition coefficient (Wildman–Crippen LogP) is 2.07. The summed E-state index contributed by atoms with van der Waals surface area (Å²) < 4.78 is 0. The second-order valence-electron chi connectivity index (χ2n) is 2.25. The van der Waals surface area contributed by atoms with Gasteiger partial charge in [-0.25, -0.2) is 0 Å². The van der Waals surface area contributed by atoms with E-state index in [1.165, 1.54) is 4.90 Å². The lowest BCUT2D eigenvalue weighted by Gasteiger charge is -1.95. The molecule has 0 radical (unpaired) electrons. The number of benzene rings is 1. The molecule has 0 atom stereocenters. The Morgan fingerprint density at radius 1 is 1.42 bits per heavy atom. The number of rotatable bonds is 3. The first kappa shape index (κ1) is 9.29. The number of nitrogens with zero attached hydrogens (tertiary/aromatic N) is 1. The van der Waals surface area contributed by atoms with Gasteiger partial charge in [0.05, 0.1) is 5.69 Å². The molecule has 0 bridgehead atoms. The summed E-state index contributed by atoms with van der Waals surface area (Å²) in [4.78, 5) is 5.39. The molecular weight excluding hydrogens is 168 g/mol. The number of nitrogens with two attached hydrogens (primary N) is 1. The molecular formula is C9H12N2S. The standard InChI is InChI=1S/C9H12N2S/c1-12-9-4-2-8(3-5-9)11-7-6-10/h2-5,7H,6,10H2,1H3. The molecule has 64 valence electrons. The maximum Gasteiger partial charge on any atom is 0.0627 e. The molecule has 0 aromatic heterocycles. The second-order valence-corrected chi connectivity index (χ2v) is 3.13. The number of aliphatic imine (C=N–C) groups is 1. The lowest BCUT2D eigenvalue weighted by atomic mass is 10.3. The van der Waals surface area contributed by atoms with Crippen LogP contribution >= 0.6 is 11.8 Å². The SMILES string of the molecule is CSc1ccc(N=CCN)cc1. The Kier molecular flexibility index (Phi) is 3.84. The van der Waals surface area contributed by atoms with Gasteiger partial charge in [0.25, 0.3) is 0 Å². The highest BCUT2D eigenvalue weighted by Gasteiger charge is 1.88. The van der Waals surface area contributed by atoms with Crippen molar-refractivity contribution in [1.82, 2.24) is 0 Å². The zero-order valence-corrected chi connectivity index (χ0v) is 7.84. The van der Waals surface area contributed by atoms with Crippen molar-refractivity contribution < 1.29 is 0 Å². The van der Waals surface area contributed by atoms with Crippen LogP contribution in [0.1, 0.15) is 0 Å². The molecule has 1 aromatic carbocycles. The van der Waals surface area contributed by atoms with Gasteiger partial charge in [-0.3, -0.25) is 4.99 Å². The van der Waals surface area contributed by atoms with E-state index in [2.05, 4.69) is 11.2 Å². The Morgan fingerprint density at radius 3 is 2.58 bits per heavy atom. The molecule has 0 fully saturated rings. The molecule has 0 unspecified atom stereocenters. The third-order valence-electron chi connectivity index (χ3n) is 1.42. The van der Waals surface area contributed by atoms with Gasteiger partial charge >= 0.3 is 0 Å². The molecule has 2 N–H and O–H groups in total. The first-order valence-corrected chi connectivity index (χ1v) is 4.96. The first-order valence-electron chi connectivity index (χ1n) is 3.73. The molecule has 3 heteroatoms. The highest BCUT2D eigenvalue weighted by atomic mass is 32.2. The summed E-state index contributed by atoms with van der Waals surface area (Å²) >= 11 is 1.72. The molecule has 0 saturated carbocycles. The summed E-state index contributed by atoms with van der Waals surface area (Å²) in [6.07, 6.45) is 3.76. The van der Waals surface area contributed by atoms with Gasteiger partial charge < -0.3 is 5.73 Å². The van der Waals surface area contributed by atoms with E-state index in [0.717, 1.165) is 5.69 Å². The summed E-state index contributed by atoms with van der Waals surface area (Å²) in [6.45, 7) is 0.490. The zero-order chi connectivity index (χ0) is 8.81. The largest absolute Gasteiger partial charge is 0.326 e. The van der Waals surface area contributed by atoms with E-state index >= 15 is 0 Å². The predicted molar refractivity (Wildman–Crippen MR) is 55.4 cm³/mol. The Morgan fingerprint density at radius 2 is 2.08 bits per heavy atom. The van der Waals surface area contributed by atoms with E-state index in [4.69, 9.17) is 5.73 Å². The molecule has 0 aliphatic carbocycles. The molecule has 0 spiro atoms. The van der Waals surface area contributed by atoms with Crippen molar-refractivity contribution in [2.75, 3.05) is 12.8 Å². The summed E-state index contributed by atoms with van der Waals surface area (Å²) in [7, 11) is 0. The van der Waals surface area contributed by atoms with Gasteiger partial charge in [0.15, 0.2) is 0 Å². The van der Waals surface area contributed by atoms with Crippen LogP contribution in [-0.2, 0) is 0 Å². The van der Waals surface area contributed by atoms with E-state index in [1.807, 2.05) is 24.3 Å². The monoisotopic (exact) mass is 180 g/mol. The van der Waals surface area contributed by atoms with Crippen molar-refractivity contribution in [3.8, 4) is 0 Å². The second kappa shape index (κ2) is 4.95. The van der Waals surface area contributed by atoms with E-state index in [9.17, 15) is 0 Å². The third-order valence-corrected chi connectivity index (χ3v) is 2.16. The van der Waals surface area contributed by atoms with Crippen LogP contribution in [0.15, 0.2) is 34.2 Å². The summed E-state index contributed by atoms with van der Waals surface area (Å²) in [5, 5.41) is 0. The van der Waals surface area contributed by atoms with Gasteiger partial charge in [-0.15, -0.1) is 11.8 Å². The lowest BCUT2D eigenvalue weighted by molar-refractivity contribution is 1.32. The van der Waals surface area contributed by atoms with Crippen LogP contribution in [0.5, 0.6) is 0 Å². The highest BCUT2D eigenvalue weighted by molar-refractivity contribution is 7.98. The summed E-state index contributed by atoms with van der Waals surface area (Å²) in [5.41, 5.74) is 6.24. The third kappa shape index (κ3) is 2.68. The van der Waals surface area contributed by atoms with Gasteiger partial charge in [0, 0.05) is 17.7 Å². The number of hydrogen-bond donors (Lipinski definition) is 1. The number of thioether (sulfide) groups is 1. The smallest absolute Gasteiger partial charge is 0.0627 e. The van der Waals surface area contributed by atoms with Crippen LogP contribution in [0.3, 0.4) is 0 Å². The Balaban J connectivity index is 2.71. The molecule has 0 heterocycles. The van der Waals surface area contributed by atoms with Gasteiger partial charge in [0.2, 0.25) is 0 Å². The van der Waals surface area contributed by atoms with E-state index in [0.29, 0.717) is 6.54 Å². The van der Waals surface area contributed by atoms with Crippen LogP contribution in [0.4, 0.5) is 5.69 Å². The molecule has 2 nitrogen and oxygen atoms in total. The average Bonchev–Trinajstić information content (AvgIpc) is 2.15. The summed E-state index contributed by atoms with van der Waals surface area (Å²) in [5.74, 6) is 0. The Labute approximate surface area is 76.9 Å². The fraction of sp³-hybridized carbons (Fsp3) is 0.222. The van der Waals surface area contributed by atoms with E-state index in [1.54, 1.807) is 18.0 Å². The normalized spacial score (nSPS) is 10.8. The topological polar surface area (TPSA) is 38.4 Å². The summed E-state index contributed by atoms with van der Waals surface area (Å²) in [6, 6.07) is 8.07. The average molecular weight is 180 g/mol. The van der Waals surface area contributed by atoms with Crippen molar-refractivity contribution in [2.24, 2.45) is 10.7 Å². The fourth-order valence-corrected chi connectivity index (χ4v) is 1.23. The molecule has 1 rings (SSSR count). The van der Waals surface area contributed by atoms with Crippen molar-refractivity contribution in [3.05, 3.63) is 24.3 Å². The molecule has 1 aromatic rings. The van der Waals surface area contributed by atoms with Crippen LogP contribution in [-0.4, -0.2) is 19.0 Å². The zero-order valence-electron chi connectivity index (χ0n) is 7.03. The maximum atomic E-state index is 5.28. The minimum absolute atomic E-state index is 0.490. The minimum atomic E-state index is 0.490. The Hall–Kier alpha value is -0.800. The minimum Gasteiger partial charge on any atom is -0.326 e. The van der Waals surface area contributed by atoms with Crippen LogP contribution in [0.25, 0.3) is 0 Å². The van der Waals surface area contributed by atoms with Crippen molar-refractivity contribution in [2.45, 2.75) is 4.90 Å². The van der Waals surface area contributed by atoms with Gasteiger partial charge in [-0.1, -0.05) is 0 Å². The van der Waals surface area contributed by atoms with Crippen molar-refractivity contribution in [1.29, 1.82) is 0 Å². The molecule has 12 heavy (non-hydrogen) atoms. The van der Waals surface area contributed by atoms with Crippen LogP contribution < -0.4 is 5.73 Å². The van der Waals surface area contributed by atoms with Crippen LogP contribution in [0, 0.1) is 0 Å². The molecule has 0 aliphatic rings. The maximum absolute atomic E-state index is 5.28.